The molecule has 9 heteroatoms. The van der Waals surface area contributed by atoms with Gasteiger partial charge in [0.1, 0.15) is 5.82 Å². The van der Waals surface area contributed by atoms with E-state index in [0.29, 0.717) is 22.5 Å². The highest BCUT2D eigenvalue weighted by Crippen LogP contribution is 2.31. The van der Waals surface area contributed by atoms with Gasteiger partial charge in [0.25, 0.3) is 5.56 Å². The molecule has 0 saturated heterocycles. The number of fused-ring (bicyclic) bond motifs is 1. The van der Waals surface area contributed by atoms with E-state index in [4.69, 9.17) is 0 Å². The van der Waals surface area contributed by atoms with E-state index in [1.165, 1.54) is 6.07 Å². The van der Waals surface area contributed by atoms with Crippen molar-refractivity contribution in [2.45, 2.75) is 31.7 Å². The average Bonchev–Trinajstić information content (AvgIpc) is 3.44. The van der Waals surface area contributed by atoms with Gasteiger partial charge in [0.2, 0.25) is 5.82 Å². The van der Waals surface area contributed by atoms with Crippen LogP contribution in [0.2, 0.25) is 0 Å². The van der Waals surface area contributed by atoms with Crippen LogP contribution in [0.25, 0.3) is 22.3 Å². The summed E-state index contributed by atoms with van der Waals surface area (Å²) in [5.74, 6) is 0.370. The Morgan fingerprint density at radius 1 is 1.14 bits per heavy atom. The summed E-state index contributed by atoms with van der Waals surface area (Å²) in [7, 11) is 0. The van der Waals surface area contributed by atoms with E-state index >= 15 is 0 Å². The summed E-state index contributed by atoms with van der Waals surface area (Å²) >= 11 is 0. The van der Waals surface area contributed by atoms with Crippen LogP contribution in [0.15, 0.2) is 47.4 Å². The van der Waals surface area contributed by atoms with Gasteiger partial charge in [-0.2, -0.15) is 5.21 Å². The van der Waals surface area contributed by atoms with E-state index in [9.17, 15) is 9.18 Å². The van der Waals surface area contributed by atoms with Crippen LogP contribution in [0.1, 0.15) is 31.7 Å². The quantitative estimate of drug-likeness (QED) is 0.551. The number of hydrogen-bond donors (Lipinski definition) is 2. The molecule has 0 atom stereocenters. The molecule has 1 aliphatic rings. The van der Waals surface area contributed by atoms with Crippen LogP contribution >= 0.6 is 0 Å². The Bertz CT molecular complexity index is 1210. The van der Waals surface area contributed by atoms with E-state index < -0.39 is 11.4 Å². The van der Waals surface area contributed by atoms with E-state index in [0.717, 1.165) is 36.9 Å². The lowest BCUT2D eigenvalue weighted by Gasteiger charge is -2.17. The lowest BCUT2D eigenvalue weighted by Crippen LogP contribution is -2.26. The predicted molar refractivity (Wildman–Crippen MR) is 106 cm³/mol. The summed E-state index contributed by atoms with van der Waals surface area (Å²) in [5.41, 5.74) is 1.79. The molecule has 0 spiro atoms. The Hall–Kier alpha value is -3.62. The van der Waals surface area contributed by atoms with Gasteiger partial charge in [0.15, 0.2) is 5.82 Å². The smallest absolute Gasteiger partial charge is 0.287 e. The Morgan fingerprint density at radius 2 is 1.93 bits per heavy atom. The van der Waals surface area contributed by atoms with Crippen molar-refractivity contribution < 1.29 is 4.39 Å². The van der Waals surface area contributed by atoms with Gasteiger partial charge in [-0.3, -0.25) is 4.79 Å². The van der Waals surface area contributed by atoms with Crippen LogP contribution in [0.5, 0.6) is 0 Å². The number of H-pyrrole nitrogens is 1. The fourth-order valence-corrected chi connectivity index (χ4v) is 3.93. The van der Waals surface area contributed by atoms with E-state index in [1.54, 1.807) is 10.8 Å². The minimum absolute atomic E-state index is 0.0326. The minimum atomic E-state index is -0.732. The first-order valence-electron chi connectivity index (χ1n) is 9.51. The lowest BCUT2D eigenvalue weighted by atomic mass is 10.1. The maximum absolute atomic E-state index is 14.2. The van der Waals surface area contributed by atoms with E-state index in [-0.39, 0.29) is 6.04 Å². The Balaban J connectivity index is 1.50. The molecule has 0 amide bonds. The Kier molecular flexibility index (Phi) is 4.27. The molecule has 5 rings (SSSR count). The first kappa shape index (κ1) is 17.5. The van der Waals surface area contributed by atoms with Crippen molar-refractivity contribution in [3.8, 4) is 11.4 Å². The molecular weight excluding hydrogens is 373 g/mol. The van der Waals surface area contributed by atoms with Crippen molar-refractivity contribution in [3.05, 3.63) is 58.8 Å². The Labute approximate surface area is 164 Å². The molecule has 0 radical (unpaired) electrons. The number of rotatable bonds is 4. The van der Waals surface area contributed by atoms with Crippen molar-refractivity contribution in [1.29, 1.82) is 0 Å². The number of benzene rings is 1. The zero-order valence-corrected chi connectivity index (χ0v) is 15.5. The third-order valence-corrected chi connectivity index (χ3v) is 5.33. The first-order chi connectivity index (χ1) is 14.2. The van der Waals surface area contributed by atoms with Crippen molar-refractivity contribution in [2.75, 3.05) is 5.32 Å². The van der Waals surface area contributed by atoms with Crippen molar-refractivity contribution in [3.63, 3.8) is 0 Å². The van der Waals surface area contributed by atoms with Gasteiger partial charge in [-0.25, -0.2) is 9.37 Å². The highest BCUT2D eigenvalue weighted by molar-refractivity contribution is 5.81. The molecule has 29 heavy (non-hydrogen) atoms. The second-order valence-electron chi connectivity index (χ2n) is 7.17. The standard InChI is InChI=1S/C20H18FN7O/c21-16-9-13-11-22-18(10-17(13)28(20(16)29)15-3-1-2-4-15)23-14-7-5-12(6-8-14)19-24-26-27-25-19/h5-11,15H,1-4H2,(H,22,23)(H,24,25,26,27). The number of aromatic nitrogens is 6. The molecule has 2 N–H and O–H groups in total. The molecule has 8 nitrogen and oxygen atoms in total. The molecule has 1 saturated carbocycles. The predicted octanol–water partition coefficient (Wildman–Crippen LogP) is 3.57. The van der Waals surface area contributed by atoms with Gasteiger partial charge < -0.3 is 9.88 Å². The summed E-state index contributed by atoms with van der Waals surface area (Å²) in [5, 5.41) is 17.7. The number of aromatic amines is 1. The molecule has 1 aliphatic carbocycles. The van der Waals surface area contributed by atoms with Crippen molar-refractivity contribution in [1.82, 2.24) is 30.2 Å². The highest BCUT2D eigenvalue weighted by atomic mass is 19.1. The molecule has 4 aromatic rings. The zero-order valence-electron chi connectivity index (χ0n) is 15.5. The second kappa shape index (κ2) is 7.08. The molecule has 1 fully saturated rings. The van der Waals surface area contributed by atoms with Gasteiger partial charge >= 0.3 is 0 Å². The van der Waals surface area contributed by atoms with Crippen molar-refractivity contribution >= 4 is 22.4 Å². The zero-order chi connectivity index (χ0) is 19.8. The number of tetrazole rings is 1. The second-order valence-corrected chi connectivity index (χ2v) is 7.17. The number of halogens is 1. The molecule has 3 heterocycles. The number of nitrogens with one attached hydrogen (secondary N) is 2. The molecule has 146 valence electrons. The van der Waals surface area contributed by atoms with E-state index in [2.05, 4.69) is 30.9 Å². The van der Waals surface area contributed by atoms with Crippen LogP contribution < -0.4 is 10.9 Å². The largest absolute Gasteiger partial charge is 0.340 e. The number of nitrogens with zero attached hydrogens (tertiary/aromatic N) is 5. The summed E-state index contributed by atoms with van der Waals surface area (Å²) in [6.45, 7) is 0. The fourth-order valence-electron chi connectivity index (χ4n) is 3.93. The van der Waals surface area contributed by atoms with Gasteiger partial charge in [0, 0.05) is 34.9 Å². The van der Waals surface area contributed by atoms with Gasteiger partial charge in [-0.1, -0.05) is 12.8 Å². The van der Waals surface area contributed by atoms with Crippen molar-refractivity contribution in [2.24, 2.45) is 0 Å². The maximum Gasteiger partial charge on any atom is 0.287 e. The molecule has 0 bridgehead atoms. The van der Waals surface area contributed by atoms with Crippen LogP contribution in [-0.2, 0) is 0 Å². The van der Waals surface area contributed by atoms with Crippen LogP contribution in [0.3, 0.4) is 0 Å². The maximum atomic E-state index is 14.2. The third-order valence-electron chi connectivity index (χ3n) is 5.33. The summed E-state index contributed by atoms with van der Waals surface area (Å²) in [4.78, 5) is 16.9. The van der Waals surface area contributed by atoms with Crippen LogP contribution in [0.4, 0.5) is 15.9 Å². The third kappa shape index (κ3) is 3.24. The number of hydrogen-bond acceptors (Lipinski definition) is 6. The summed E-state index contributed by atoms with van der Waals surface area (Å²) in [6, 6.07) is 10.6. The summed E-state index contributed by atoms with van der Waals surface area (Å²) < 4.78 is 15.8. The van der Waals surface area contributed by atoms with Gasteiger partial charge in [-0.05, 0) is 48.4 Å². The Morgan fingerprint density at radius 3 is 2.66 bits per heavy atom. The average molecular weight is 391 g/mol. The molecule has 1 aromatic carbocycles. The fraction of sp³-hybridized carbons (Fsp3) is 0.250. The van der Waals surface area contributed by atoms with Crippen LogP contribution in [0, 0.1) is 5.82 Å². The van der Waals surface area contributed by atoms with E-state index in [1.807, 2.05) is 30.3 Å². The molecule has 3 aromatic heterocycles. The SMILES string of the molecule is O=c1c(F)cc2cnc(Nc3ccc(-c4nn[nH]n4)cc3)cc2n1C1CCCC1. The molecular formula is C20H18FN7O. The lowest BCUT2D eigenvalue weighted by molar-refractivity contribution is 0.492. The van der Waals surface area contributed by atoms with Crippen LogP contribution in [-0.4, -0.2) is 30.2 Å². The number of anilines is 2. The minimum Gasteiger partial charge on any atom is -0.340 e. The topological polar surface area (TPSA) is 101 Å². The first-order valence-corrected chi connectivity index (χ1v) is 9.51. The summed E-state index contributed by atoms with van der Waals surface area (Å²) in [6.07, 6.45) is 5.48. The monoisotopic (exact) mass is 391 g/mol. The molecule has 0 unspecified atom stereocenters. The highest BCUT2D eigenvalue weighted by Gasteiger charge is 2.22. The van der Waals surface area contributed by atoms with Gasteiger partial charge in [-0.15, -0.1) is 10.2 Å². The molecule has 0 aliphatic heterocycles. The number of pyridine rings is 2. The van der Waals surface area contributed by atoms with Gasteiger partial charge in [0.05, 0.1) is 5.52 Å². The normalized spacial score (nSPS) is 14.5.